The molecule has 0 bridgehead atoms. The molecule has 0 fully saturated rings. The van der Waals surface area contributed by atoms with Gasteiger partial charge >= 0.3 is 0 Å². The lowest BCUT2D eigenvalue weighted by Crippen LogP contribution is -2.23. The zero-order chi connectivity index (χ0) is 10.6. The molecular weight excluding hydrogens is 182 g/mol. The van der Waals surface area contributed by atoms with E-state index in [1.165, 1.54) is 0 Å². The van der Waals surface area contributed by atoms with Gasteiger partial charge < -0.3 is 4.74 Å². The fourth-order valence-corrected chi connectivity index (χ4v) is 1.19. The molecule has 0 saturated heterocycles. The molecule has 0 radical (unpaired) electrons. The van der Waals surface area contributed by atoms with Gasteiger partial charge in [-0.15, -0.1) is 0 Å². The molecule has 0 spiro atoms. The summed E-state index contributed by atoms with van der Waals surface area (Å²) in [4.78, 5) is 0. The average Bonchev–Trinajstić information content (AvgIpc) is 1.82. The van der Waals surface area contributed by atoms with Crippen molar-refractivity contribution in [3.63, 3.8) is 0 Å². The second-order valence-corrected chi connectivity index (χ2v) is 4.36. The minimum Gasteiger partial charge on any atom is -0.477 e. The highest BCUT2D eigenvalue weighted by Crippen LogP contribution is 2.14. The second kappa shape index (κ2) is 4.38. The molecule has 0 aliphatic heterocycles. The molecule has 0 N–H and O–H groups in total. The Bertz CT molecular complexity index is 274. The summed E-state index contributed by atoms with van der Waals surface area (Å²) < 4.78 is 5.40. The number of hydrogen-bond acceptors (Lipinski definition) is 3. The van der Waals surface area contributed by atoms with Crippen LogP contribution in [-0.4, -0.2) is 10.7 Å². The van der Waals surface area contributed by atoms with Gasteiger partial charge in [0.25, 0.3) is 0 Å². The van der Waals surface area contributed by atoms with Crippen LogP contribution in [0.25, 0.3) is 0 Å². The van der Waals surface area contributed by atoms with Crippen LogP contribution in [-0.2, 0) is 4.74 Å². The number of allylic oxidation sites excluding steroid dienone is 1. The molecule has 0 saturated carbocycles. The molecule has 0 aromatic rings. The summed E-state index contributed by atoms with van der Waals surface area (Å²) >= 11 is 5.00. The Hall–Kier alpha value is -0.880. The van der Waals surface area contributed by atoms with Crippen molar-refractivity contribution >= 4 is 17.3 Å². The van der Waals surface area contributed by atoms with E-state index in [1.807, 2.05) is 40.7 Å². The van der Waals surface area contributed by atoms with Crippen molar-refractivity contribution in [2.24, 2.45) is 0 Å². The third-order valence-corrected chi connectivity index (χ3v) is 1.50. The van der Waals surface area contributed by atoms with Crippen LogP contribution in [0.4, 0.5) is 0 Å². The van der Waals surface area contributed by atoms with Gasteiger partial charge in [0, 0.05) is 0 Å². The quantitative estimate of drug-likeness (QED) is 0.368. The number of hydrogen-bond donors (Lipinski definition) is 0. The van der Waals surface area contributed by atoms with E-state index in [-0.39, 0.29) is 10.7 Å². The molecule has 13 heavy (non-hydrogen) atoms. The number of ether oxygens (including phenoxy) is 1. The Balaban J connectivity index is 4.65. The van der Waals surface area contributed by atoms with E-state index in [9.17, 15) is 0 Å². The van der Waals surface area contributed by atoms with Crippen molar-refractivity contribution in [2.75, 3.05) is 0 Å². The zero-order valence-electron chi connectivity index (χ0n) is 8.76. The summed E-state index contributed by atoms with van der Waals surface area (Å²) in [6.45, 7) is 9.39. The largest absolute Gasteiger partial charge is 0.477 e. The van der Waals surface area contributed by atoms with E-state index in [2.05, 4.69) is 0 Å². The fourth-order valence-electron chi connectivity index (χ4n) is 0.691. The first-order valence-electron chi connectivity index (χ1n) is 4.09. The molecule has 0 aromatic carbocycles. The maximum Gasteiger partial charge on any atom is 0.202 e. The normalized spacial score (nSPS) is 10.2. The number of nitrogens with zero attached hydrogens (tertiary/aromatic N) is 1. The molecular formula is C10H15NOS. The minimum absolute atomic E-state index is 0.287. The Labute approximate surface area is 85.2 Å². The first kappa shape index (κ1) is 12.1. The van der Waals surface area contributed by atoms with Crippen molar-refractivity contribution in [1.82, 2.24) is 0 Å². The highest BCUT2D eigenvalue weighted by molar-refractivity contribution is 7.80. The molecule has 0 amide bonds. The van der Waals surface area contributed by atoms with Crippen LogP contribution >= 0.6 is 12.2 Å². The summed E-state index contributed by atoms with van der Waals surface area (Å²) in [5.41, 5.74) is 1.01. The highest BCUT2D eigenvalue weighted by Gasteiger charge is 2.16. The third-order valence-electron chi connectivity index (χ3n) is 1.21. The summed E-state index contributed by atoms with van der Waals surface area (Å²) in [5, 5.41) is 9.08. The first-order chi connectivity index (χ1) is 5.78. The molecule has 2 nitrogen and oxygen atoms in total. The topological polar surface area (TPSA) is 33.0 Å². The van der Waals surface area contributed by atoms with Gasteiger partial charge in [0.05, 0.1) is 0 Å². The smallest absolute Gasteiger partial charge is 0.202 e. The van der Waals surface area contributed by atoms with Crippen LogP contribution in [0.15, 0.2) is 11.1 Å². The van der Waals surface area contributed by atoms with Crippen molar-refractivity contribution in [3.05, 3.63) is 11.1 Å². The van der Waals surface area contributed by atoms with Gasteiger partial charge in [-0.1, -0.05) is 5.57 Å². The Morgan fingerprint density at radius 1 is 1.31 bits per heavy atom. The van der Waals surface area contributed by atoms with Crippen LogP contribution < -0.4 is 0 Å². The Morgan fingerprint density at radius 3 is 2.00 bits per heavy atom. The van der Waals surface area contributed by atoms with E-state index in [1.54, 1.807) is 0 Å². The summed E-state index contributed by atoms with van der Waals surface area (Å²) in [6.07, 6.45) is 0. The predicted octanol–water partition coefficient (Wildman–Crippen LogP) is 2.99. The van der Waals surface area contributed by atoms with E-state index < -0.39 is 0 Å². The van der Waals surface area contributed by atoms with Gasteiger partial charge in [0.15, 0.2) is 0 Å². The summed E-state index contributed by atoms with van der Waals surface area (Å²) in [5.74, 6) is 0. The molecule has 0 aliphatic rings. The van der Waals surface area contributed by atoms with Gasteiger partial charge in [-0.3, -0.25) is 0 Å². The van der Waals surface area contributed by atoms with E-state index in [0.717, 1.165) is 5.57 Å². The van der Waals surface area contributed by atoms with Crippen molar-refractivity contribution < 1.29 is 4.74 Å². The van der Waals surface area contributed by atoms with Crippen LogP contribution in [0.3, 0.4) is 0 Å². The molecule has 0 aromatic heterocycles. The summed E-state index contributed by atoms with van der Waals surface area (Å²) in [6, 6.07) is 2.04. The standard InChI is InChI=1S/C10H15NOS/c1-7(2)8(6-11)9(13)12-10(3,4)5/h1-5H3. The van der Waals surface area contributed by atoms with Gasteiger partial charge in [0.1, 0.15) is 17.2 Å². The maximum absolute atomic E-state index is 8.79. The van der Waals surface area contributed by atoms with E-state index in [4.69, 9.17) is 22.2 Å². The Morgan fingerprint density at radius 2 is 1.77 bits per heavy atom. The van der Waals surface area contributed by atoms with Gasteiger partial charge in [-0.2, -0.15) is 5.26 Å². The van der Waals surface area contributed by atoms with Gasteiger partial charge in [0.2, 0.25) is 5.05 Å². The van der Waals surface area contributed by atoms with E-state index in [0.29, 0.717) is 5.57 Å². The molecule has 0 atom stereocenters. The first-order valence-corrected chi connectivity index (χ1v) is 4.49. The molecule has 0 unspecified atom stereocenters. The minimum atomic E-state index is -0.339. The zero-order valence-corrected chi connectivity index (χ0v) is 9.58. The highest BCUT2D eigenvalue weighted by atomic mass is 32.1. The predicted molar refractivity (Wildman–Crippen MR) is 57.4 cm³/mol. The SMILES string of the molecule is CC(C)=C(C#N)C(=S)OC(C)(C)C. The van der Waals surface area contributed by atoms with E-state index >= 15 is 0 Å². The Kier molecular flexibility index (Phi) is 4.09. The third kappa shape index (κ3) is 4.64. The molecule has 0 aliphatic carbocycles. The van der Waals surface area contributed by atoms with Crippen LogP contribution in [0.5, 0.6) is 0 Å². The van der Waals surface area contributed by atoms with Gasteiger partial charge in [-0.05, 0) is 46.8 Å². The lowest BCUT2D eigenvalue weighted by molar-refractivity contribution is 0.122. The fraction of sp³-hybridized carbons (Fsp3) is 0.600. The molecule has 72 valence electrons. The van der Waals surface area contributed by atoms with Gasteiger partial charge in [-0.25, -0.2) is 0 Å². The number of rotatable bonds is 1. The van der Waals surface area contributed by atoms with Crippen molar-refractivity contribution in [3.8, 4) is 6.07 Å². The number of nitriles is 1. The lowest BCUT2D eigenvalue weighted by Gasteiger charge is -2.21. The lowest BCUT2D eigenvalue weighted by atomic mass is 10.1. The van der Waals surface area contributed by atoms with Crippen LogP contribution in [0.2, 0.25) is 0 Å². The molecule has 0 rings (SSSR count). The van der Waals surface area contributed by atoms with Crippen molar-refractivity contribution in [1.29, 1.82) is 5.26 Å². The van der Waals surface area contributed by atoms with Crippen LogP contribution in [0.1, 0.15) is 34.6 Å². The second-order valence-electron chi connectivity index (χ2n) is 3.99. The van der Waals surface area contributed by atoms with Crippen molar-refractivity contribution in [2.45, 2.75) is 40.2 Å². The van der Waals surface area contributed by atoms with Crippen LogP contribution in [0, 0.1) is 11.3 Å². The molecule has 0 heterocycles. The molecule has 3 heteroatoms. The average molecular weight is 197 g/mol. The number of thiocarbonyl (C=S) groups is 1. The monoisotopic (exact) mass is 197 g/mol. The summed E-state index contributed by atoms with van der Waals surface area (Å²) in [7, 11) is 0. The maximum atomic E-state index is 8.79.